The monoisotopic (exact) mass is 263 g/mol. The van der Waals surface area contributed by atoms with Crippen LogP contribution in [0.4, 0.5) is 0 Å². The van der Waals surface area contributed by atoms with Crippen LogP contribution in [0.3, 0.4) is 0 Å². The second-order valence-electron chi connectivity index (χ2n) is 3.67. The second-order valence-corrected chi connectivity index (χ2v) is 4.73. The zero-order chi connectivity index (χ0) is 13.0. The van der Waals surface area contributed by atoms with Crippen molar-refractivity contribution in [3.8, 4) is 11.4 Å². The highest BCUT2D eigenvalue weighted by Crippen LogP contribution is 2.22. The average molecular weight is 263 g/mol. The minimum atomic E-state index is -0.308. The molecule has 6 nitrogen and oxygen atoms in total. The van der Waals surface area contributed by atoms with Crippen LogP contribution in [0, 0.1) is 0 Å². The molecule has 0 aliphatic heterocycles. The van der Waals surface area contributed by atoms with E-state index in [2.05, 4.69) is 15.2 Å². The molecule has 0 aromatic carbocycles. The molecule has 2 aromatic rings. The molecule has 2 heterocycles. The predicted octanol–water partition coefficient (Wildman–Crippen LogP) is 0.845. The fraction of sp³-hybridized carbons (Fsp3) is 0.273. The van der Waals surface area contributed by atoms with Gasteiger partial charge in [0, 0.05) is 37.2 Å². The van der Waals surface area contributed by atoms with E-state index in [0.29, 0.717) is 12.2 Å². The highest BCUT2D eigenvalue weighted by atomic mass is 32.2. The number of aromatic nitrogens is 4. The van der Waals surface area contributed by atoms with Gasteiger partial charge in [-0.1, -0.05) is 11.8 Å². The van der Waals surface area contributed by atoms with E-state index >= 15 is 0 Å². The van der Waals surface area contributed by atoms with E-state index in [4.69, 9.17) is 5.73 Å². The van der Waals surface area contributed by atoms with Gasteiger partial charge < -0.3 is 10.3 Å². The van der Waals surface area contributed by atoms with Gasteiger partial charge in [-0.25, -0.2) is 0 Å². The second kappa shape index (κ2) is 5.63. The summed E-state index contributed by atoms with van der Waals surface area (Å²) in [5, 5.41) is 8.96. The summed E-state index contributed by atoms with van der Waals surface area (Å²) in [6, 6.07) is 3.78. The van der Waals surface area contributed by atoms with Gasteiger partial charge in [0.25, 0.3) is 0 Å². The van der Waals surface area contributed by atoms with Crippen LogP contribution >= 0.6 is 11.8 Å². The number of hydrogen-bond donors (Lipinski definition) is 1. The van der Waals surface area contributed by atoms with Crippen LogP contribution in [0.1, 0.15) is 6.42 Å². The van der Waals surface area contributed by atoms with Gasteiger partial charge in [0.05, 0.1) is 0 Å². The first-order valence-electron chi connectivity index (χ1n) is 5.39. The molecule has 0 unspecified atom stereocenters. The first kappa shape index (κ1) is 12.6. The van der Waals surface area contributed by atoms with Crippen molar-refractivity contribution in [1.82, 2.24) is 19.7 Å². The molecule has 2 rings (SSSR count). The van der Waals surface area contributed by atoms with Gasteiger partial charge in [-0.2, -0.15) is 0 Å². The van der Waals surface area contributed by atoms with Crippen LogP contribution < -0.4 is 5.73 Å². The molecule has 0 bridgehead atoms. The van der Waals surface area contributed by atoms with Gasteiger partial charge in [0.1, 0.15) is 0 Å². The van der Waals surface area contributed by atoms with Gasteiger partial charge in [0.15, 0.2) is 11.0 Å². The first-order chi connectivity index (χ1) is 8.68. The highest BCUT2D eigenvalue weighted by Gasteiger charge is 2.11. The molecule has 0 saturated heterocycles. The summed E-state index contributed by atoms with van der Waals surface area (Å²) in [5.41, 5.74) is 6.00. The average Bonchev–Trinajstić information content (AvgIpc) is 2.72. The van der Waals surface area contributed by atoms with Crippen molar-refractivity contribution in [2.45, 2.75) is 11.6 Å². The van der Waals surface area contributed by atoms with Gasteiger partial charge >= 0.3 is 0 Å². The molecule has 2 N–H and O–H groups in total. The first-order valence-corrected chi connectivity index (χ1v) is 6.38. The molecule has 0 radical (unpaired) electrons. The lowest BCUT2D eigenvalue weighted by molar-refractivity contribution is -0.117. The van der Waals surface area contributed by atoms with E-state index < -0.39 is 0 Å². The molecule has 0 aliphatic carbocycles. The molecular formula is C11H13N5OS. The third-order valence-corrected chi connectivity index (χ3v) is 3.36. The number of carbonyl (C=O) groups is 1. The van der Waals surface area contributed by atoms with Crippen LogP contribution in [0.15, 0.2) is 29.7 Å². The van der Waals surface area contributed by atoms with E-state index in [-0.39, 0.29) is 5.91 Å². The maximum absolute atomic E-state index is 10.7. The van der Waals surface area contributed by atoms with Crippen LogP contribution in [-0.2, 0) is 11.8 Å². The number of primary amides is 1. The molecule has 1 amide bonds. The molecule has 0 saturated carbocycles. The largest absolute Gasteiger partial charge is 0.370 e. The van der Waals surface area contributed by atoms with E-state index in [1.807, 2.05) is 23.7 Å². The Hall–Kier alpha value is -1.89. The third-order valence-electron chi connectivity index (χ3n) is 2.33. The number of nitrogens with two attached hydrogens (primary N) is 1. The zero-order valence-corrected chi connectivity index (χ0v) is 10.7. The normalized spacial score (nSPS) is 10.5. The molecule has 18 heavy (non-hydrogen) atoms. The molecule has 0 fully saturated rings. The van der Waals surface area contributed by atoms with Crippen molar-refractivity contribution in [3.05, 3.63) is 24.5 Å². The number of rotatable bonds is 5. The summed E-state index contributed by atoms with van der Waals surface area (Å²) < 4.78 is 1.88. The molecule has 0 atom stereocenters. The Morgan fingerprint density at radius 1 is 1.50 bits per heavy atom. The molecule has 0 spiro atoms. The van der Waals surface area contributed by atoms with E-state index in [1.54, 1.807) is 12.4 Å². The van der Waals surface area contributed by atoms with Crippen molar-refractivity contribution in [2.24, 2.45) is 12.8 Å². The van der Waals surface area contributed by atoms with E-state index in [1.165, 1.54) is 11.8 Å². The van der Waals surface area contributed by atoms with Crippen LogP contribution in [0.5, 0.6) is 0 Å². The lowest BCUT2D eigenvalue weighted by atomic mass is 10.3. The maximum atomic E-state index is 10.7. The number of amides is 1. The maximum Gasteiger partial charge on any atom is 0.218 e. The standard InChI is InChI=1S/C11H13N5OS/c1-16-10(8-3-2-5-13-7-8)14-15-11(16)18-6-4-9(12)17/h2-3,5,7H,4,6H2,1H3,(H2,12,17). The van der Waals surface area contributed by atoms with E-state index in [9.17, 15) is 4.79 Å². The lowest BCUT2D eigenvalue weighted by Gasteiger charge is -2.02. The summed E-state index contributed by atoms with van der Waals surface area (Å²) in [4.78, 5) is 14.7. The van der Waals surface area contributed by atoms with Crippen LogP contribution in [0.25, 0.3) is 11.4 Å². The van der Waals surface area contributed by atoms with Gasteiger partial charge in [0.2, 0.25) is 5.91 Å². The Kier molecular flexibility index (Phi) is 3.93. The van der Waals surface area contributed by atoms with Crippen molar-refractivity contribution in [2.75, 3.05) is 5.75 Å². The summed E-state index contributed by atoms with van der Waals surface area (Å²) in [6.07, 6.45) is 3.78. The third kappa shape index (κ3) is 2.86. The number of nitrogens with zero attached hydrogens (tertiary/aromatic N) is 4. The summed E-state index contributed by atoms with van der Waals surface area (Å²) >= 11 is 1.46. The smallest absolute Gasteiger partial charge is 0.218 e. The molecule has 0 aliphatic rings. The lowest BCUT2D eigenvalue weighted by Crippen LogP contribution is -2.11. The SMILES string of the molecule is Cn1c(SCCC(N)=O)nnc1-c1cccnc1. The van der Waals surface area contributed by atoms with Gasteiger partial charge in [-0.15, -0.1) is 10.2 Å². The molecular weight excluding hydrogens is 250 g/mol. The summed E-state index contributed by atoms with van der Waals surface area (Å²) in [5.74, 6) is 1.05. The van der Waals surface area contributed by atoms with Crippen molar-refractivity contribution >= 4 is 17.7 Å². The summed E-state index contributed by atoms with van der Waals surface area (Å²) in [7, 11) is 1.88. The minimum Gasteiger partial charge on any atom is -0.370 e. The number of pyridine rings is 1. The van der Waals surface area contributed by atoms with Gasteiger partial charge in [-0.05, 0) is 12.1 Å². The van der Waals surface area contributed by atoms with Crippen LogP contribution in [0.2, 0.25) is 0 Å². The Morgan fingerprint density at radius 3 is 3.00 bits per heavy atom. The Morgan fingerprint density at radius 2 is 2.33 bits per heavy atom. The zero-order valence-electron chi connectivity index (χ0n) is 9.91. The fourth-order valence-corrected chi connectivity index (χ4v) is 2.29. The Balaban J connectivity index is 2.12. The molecule has 2 aromatic heterocycles. The topological polar surface area (TPSA) is 86.7 Å². The molecule has 94 valence electrons. The quantitative estimate of drug-likeness (QED) is 0.808. The highest BCUT2D eigenvalue weighted by molar-refractivity contribution is 7.99. The van der Waals surface area contributed by atoms with Crippen molar-refractivity contribution in [1.29, 1.82) is 0 Å². The number of carbonyl (C=O) groups excluding carboxylic acids is 1. The molecule has 7 heteroatoms. The summed E-state index contributed by atoms with van der Waals surface area (Å²) in [6.45, 7) is 0. The van der Waals surface area contributed by atoms with E-state index in [0.717, 1.165) is 16.5 Å². The van der Waals surface area contributed by atoms with Gasteiger partial charge in [-0.3, -0.25) is 9.78 Å². The number of hydrogen-bond acceptors (Lipinski definition) is 5. The Labute approximate surface area is 109 Å². The van der Waals surface area contributed by atoms with Crippen molar-refractivity contribution in [3.63, 3.8) is 0 Å². The number of thioether (sulfide) groups is 1. The Bertz CT molecular complexity index is 540. The fourth-order valence-electron chi connectivity index (χ4n) is 1.43. The minimum absolute atomic E-state index is 0.308. The van der Waals surface area contributed by atoms with Crippen LogP contribution in [-0.4, -0.2) is 31.4 Å². The van der Waals surface area contributed by atoms with Crippen molar-refractivity contribution < 1.29 is 4.79 Å². The predicted molar refractivity (Wildman–Crippen MR) is 68.8 cm³/mol.